The van der Waals surface area contributed by atoms with Gasteiger partial charge in [0.2, 0.25) is 5.91 Å². The van der Waals surface area contributed by atoms with E-state index >= 15 is 0 Å². The van der Waals surface area contributed by atoms with Crippen molar-refractivity contribution < 1.29 is 23.5 Å². The topological polar surface area (TPSA) is 74.9 Å². The lowest BCUT2D eigenvalue weighted by Gasteiger charge is -2.51. The van der Waals surface area contributed by atoms with E-state index in [-0.39, 0.29) is 36.6 Å². The zero-order chi connectivity index (χ0) is 28.7. The Bertz CT molecular complexity index is 1630. The van der Waals surface area contributed by atoms with Crippen LogP contribution in [0.4, 0.5) is 4.39 Å². The van der Waals surface area contributed by atoms with Gasteiger partial charge in [0.1, 0.15) is 5.82 Å². The van der Waals surface area contributed by atoms with Gasteiger partial charge in [0, 0.05) is 29.9 Å². The first-order valence-electron chi connectivity index (χ1n) is 14.1. The number of hydrogen-bond acceptors (Lipinski definition) is 4. The van der Waals surface area contributed by atoms with Crippen molar-refractivity contribution in [3.8, 4) is 11.5 Å². The predicted molar refractivity (Wildman–Crippen MR) is 155 cm³/mol. The minimum atomic E-state index is -1.22. The number of hydrogen-bond donors (Lipinski definition) is 1. The number of amides is 2. The Morgan fingerprint density at radius 1 is 1.05 bits per heavy atom. The van der Waals surface area contributed by atoms with E-state index in [9.17, 15) is 14.0 Å². The third-order valence-corrected chi connectivity index (χ3v) is 8.48. The number of halogens is 1. The summed E-state index contributed by atoms with van der Waals surface area (Å²) < 4.78 is 25.9. The molecule has 2 aliphatic rings. The van der Waals surface area contributed by atoms with Crippen molar-refractivity contribution in [1.29, 1.82) is 0 Å². The highest BCUT2D eigenvalue weighted by atomic mass is 19.1. The van der Waals surface area contributed by atoms with Crippen molar-refractivity contribution in [2.24, 2.45) is 0 Å². The van der Waals surface area contributed by atoms with Crippen molar-refractivity contribution in [1.82, 2.24) is 14.8 Å². The molecule has 1 aromatic heterocycles. The van der Waals surface area contributed by atoms with Gasteiger partial charge in [0.05, 0.1) is 26.0 Å². The second kappa shape index (κ2) is 10.6. The monoisotopic (exact) mass is 555 g/mol. The molecule has 8 heteroatoms. The molecule has 3 heterocycles. The quantitative estimate of drug-likeness (QED) is 0.317. The fourth-order valence-electron chi connectivity index (χ4n) is 6.34. The molecule has 0 saturated carbocycles. The van der Waals surface area contributed by atoms with E-state index in [0.717, 1.165) is 28.5 Å². The Hall–Kier alpha value is -4.33. The average Bonchev–Trinajstić information content (AvgIpc) is 3.39. The number of aromatic nitrogens is 1. The predicted octanol–water partition coefficient (Wildman–Crippen LogP) is 5.38. The van der Waals surface area contributed by atoms with Crippen LogP contribution in [0.2, 0.25) is 0 Å². The second-order valence-corrected chi connectivity index (χ2v) is 10.9. The number of piperazine rings is 1. The highest BCUT2D eigenvalue weighted by Gasteiger charge is 2.56. The minimum absolute atomic E-state index is 0.0434. The molecule has 0 aliphatic carbocycles. The number of carbonyl (C=O) groups excluding carboxylic acids is 2. The highest BCUT2D eigenvalue weighted by Crippen LogP contribution is 2.49. The maximum atomic E-state index is 14.3. The first kappa shape index (κ1) is 26.9. The van der Waals surface area contributed by atoms with Crippen LogP contribution >= 0.6 is 0 Å². The van der Waals surface area contributed by atoms with Gasteiger partial charge < -0.3 is 24.3 Å². The van der Waals surface area contributed by atoms with Gasteiger partial charge in [-0.05, 0) is 60.7 Å². The maximum absolute atomic E-state index is 14.3. The van der Waals surface area contributed by atoms with E-state index in [4.69, 9.17) is 9.47 Å². The molecule has 1 saturated heterocycles. The van der Waals surface area contributed by atoms with Crippen molar-refractivity contribution >= 4 is 22.7 Å². The van der Waals surface area contributed by atoms with Crippen LogP contribution < -0.4 is 9.47 Å². The number of methoxy groups -OCH3 is 1. The Kier molecular flexibility index (Phi) is 6.93. The number of fused-ring (bicyclic) bond motifs is 5. The summed E-state index contributed by atoms with van der Waals surface area (Å²) in [7, 11) is 1.62. The molecular formula is C33H34FN3O4. The summed E-state index contributed by atoms with van der Waals surface area (Å²) in [6.45, 7) is 5.02. The highest BCUT2D eigenvalue weighted by molar-refractivity contribution is 6.01. The lowest BCUT2D eigenvalue weighted by Crippen LogP contribution is -2.67. The van der Waals surface area contributed by atoms with Gasteiger partial charge in [-0.15, -0.1) is 0 Å². The number of rotatable bonds is 8. The summed E-state index contributed by atoms with van der Waals surface area (Å²) in [4.78, 5) is 34.8. The molecular weight excluding hydrogens is 521 g/mol. The molecule has 2 aliphatic heterocycles. The first-order chi connectivity index (χ1) is 19.9. The number of benzene rings is 3. The Balaban J connectivity index is 1.42. The average molecular weight is 556 g/mol. The van der Waals surface area contributed by atoms with Gasteiger partial charge in [0.15, 0.2) is 17.0 Å². The van der Waals surface area contributed by atoms with Crippen LogP contribution in [0.5, 0.6) is 11.5 Å². The lowest BCUT2D eigenvalue weighted by molar-refractivity contribution is -0.166. The van der Waals surface area contributed by atoms with Gasteiger partial charge >= 0.3 is 0 Å². The smallest absolute Gasteiger partial charge is 0.254 e. The van der Waals surface area contributed by atoms with E-state index in [2.05, 4.69) is 18.0 Å². The molecule has 1 N–H and O–H groups in total. The zero-order valence-corrected chi connectivity index (χ0v) is 23.6. The van der Waals surface area contributed by atoms with Crippen LogP contribution in [0.3, 0.4) is 0 Å². The standard InChI is InChI=1S/C33H34FN3O4/c1-4-17-41-27-14-13-22(18-28(27)40-3)24-19-37-29(38)20-36(16-15-21-9-5-7-11-25(21)34)32(39)33(37,2)31-30(24)23-10-6-8-12-26(23)35-31/h5-14,18,24,35H,4,15-17,19-20H2,1-3H3/t24-,33+/m1/s1. The molecule has 6 rings (SSSR count). The summed E-state index contributed by atoms with van der Waals surface area (Å²) in [6.07, 6.45) is 1.21. The van der Waals surface area contributed by atoms with Gasteiger partial charge in [-0.25, -0.2) is 4.39 Å². The van der Waals surface area contributed by atoms with Crippen LogP contribution in [0.15, 0.2) is 66.7 Å². The van der Waals surface area contributed by atoms with Crippen molar-refractivity contribution in [3.05, 3.63) is 94.9 Å². The Morgan fingerprint density at radius 2 is 1.83 bits per heavy atom. The third-order valence-electron chi connectivity index (χ3n) is 8.48. The van der Waals surface area contributed by atoms with Crippen molar-refractivity contribution in [2.45, 2.75) is 38.1 Å². The van der Waals surface area contributed by atoms with Crippen molar-refractivity contribution in [2.75, 3.05) is 33.4 Å². The van der Waals surface area contributed by atoms with E-state index in [1.54, 1.807) is 35.1 Å². The van der Waals surface area contributed by atoms with Crippen molar-refractivity contribution in [3.63, 3.8) is 0 Å². The van der Waals surface area contributed by atoms with Crippen LogP contribution in [0.25, 0.3) is 10.9 Å². The number of aromatic amines is 1. The SMILES string of the molecule is CCCOc1ccc([C@H]2CN3C(=O)CN(CCc4ccccc4F)C(=O)[C@]3(C)c3[nH]c4ccccc4c32)cc1OC. The Labute approximate surface area is 238 Å². The summed E-state index contributed by atoms with van der Waals surface area (Å²) in [5, 5.41) is 1.02. The van der Waals surface area contributed by atoms with Crippen LogP contribution in [0, 0.1) is 5.82 Å². The van der Waals surface area contributed by atoms with Crippen LogP contribution in [0.1, 0.15) is 48.6 Å². The molecule has 0 bridgehead atoms. The van der Waals surface area contributed by atoms with E-state index in [1.165, 1.54) is 6.07 Å². The summed E-state index contributed by atoms with van der Waals surface area (Å²) >= 11 is 0. The normalized spacial score (nSPS) is 20.2. The van der Waals surface area contributed by atoms with Crippen LogP contribution in [-0.4, -0.2) is 59.9 Å². The molecule has 0 spiro atoms. The number of nitrogens with one attached hydrogen (secondary N) is 1. The molecule has 2 atom stereocenters. The fourth-order valence-corrected chi connectivity index (χ4v) is 6.34. The van der Waals surface area contributed by atoms with Gasteiger partial charge in [0.25, 0.3) is 5.91 Å². The lowest BCUT2D eigenvalue weighted by atomic mass is 9.76. The molecule has 0 radical (unpaired) electrons. The minimum Gasteiger partial charge on any atom is -0.493 e. The van der Waals surface area contributed by atoms with Gasteiger partial charge in [-0.2, -0.15) is 0 Å². The molecule has 0 unspecified atom stereocenters. The molecule has 7 nitrogen and oxygen atoms in total. The molecule has 4 aromatic rings. The molecule has 3 aromatic carbocycles. The summed E-state index contributed by atoms with van der Waals surface area (Å²) in [6, 6.07) is 20.4. The second-order valence-electron chi connectivity index (χ2n) is 10.9. The number of H-pyrrole nitrogens is 1. The zero-order valence-electron chi connectivity index (χ0n) is 23.6. The number of nitrogens with zero attached hydrogens (tertiary/aromatic N) is 2. The Morgan fingerprint density at radius 3 is 2.61 bits per heavy atom. The molecule has 212 valence electrons. The van der Waals surface area contributed by atoms with Gasteiger partial charge in [-0.3, -0.25) is 9.59 Å². The largest absolute Gasteiger partial charge is 0.493 e. The van der Waals surface area contributed by atoms with E-state index in [0.29, 0.717) is 42.3 Å². The molecule has 1 fully saturated rings. The van der Waals surface area contributed by atoms with E-state index < -0.39 is 5.54 Å². The number of carbonyl (C=O) groups is 2. The molecule has 41 heavy (non-hydrogen) atoms. The summed E-state index contributed by atoms with van der Waals surface area (Å²) in [5.74, 6) is 0.505. The third kappa shape index (κ3) is 4.42. The van der Waals surface area contributed by atoms with Crippen LogP contribution in [-0.2, 0) is 21.5 Å². The maximum Gasteiger partial charge on any atom is 0.254 e. The summed E-state index contributed by atoms with van der Waals surface area (Å²) in [5.41, 5.74) is 2.90. The van der Waals surface area contributed by atoms with Gasteiger partial charge in [-0.1, -0.05) is 49.4 Å². The number of ether oxygens (including phenoxy) is 2. The fraction of sp³-hybridized carbons (Fsp3) is 0.333. The molecule has 2 amide bonds. The van der Waals surface area contributed by atoms with E-state index in [1.807, 2.05) is 43.3 Å². The number of para-hydroxylation sites is 1. The first-order valence-corrected chi connectivity index (χ1v) is 14.1.